The fourth-order valence-electron chi connectivity index (χ4n) is 4.14. The third-order valence-electron chi connectivity index (χ3n) is 6.25. The van der Waals surface area contributed by atoms with Gasteiger partial charge in [-0.3, -0.25) is 23.8 Å². The molecule has 4 aromatic rings. The lowest BCUT2D eigenvalue weighted by Gasteiger charge is -2.14. The normalized spacial score (nSPS) is 12.6. The first kappa shape index (κ1) is 35.9. The fraction of sp³-hybridized carbons (Fsp3) is 0. The van der Waals surface area contributed by atoms with Crippen molar-refractivity contribution in [2.24, 2.45) is 20.5 Å². The number of benzene rings is 4. The maximum Gasteiger partial charge on any atom is 0.335 e. The Morgan fingerprint density at radius 2 is 1.22 bits per heavy atom. The van der Waals surface area contributed by atoms with Crippen LogP contribution in [0, 0.1) is 10.1 Å². The Hall–Kier alpha value is -5.99. The lowest BCUT2D eigenvalue weighted by Crippen LogP contribution is -2.04. The van der Waals surface area contributed by atoms with Crippen LogP contribution in [0.5, 0.6) is 5.75 Å². The van der Waals surface area contributed by atoms with Crippen molar-refractivity contribution in [2.45, 2.75) is 14.7 Å². The first-order valence-electron chi connectivity index (χ1n) is 12.3. The van der Waals surface area contributed by atoms with Crippen molar-refractivity contribution < 1.29 is 68.7 Å². The van der Waals surface area contributed by atoms with E-state index in [0.29, 0.717) is 30.3 Å². The number of anilines is 1. The molecule has 49 heavy (non-hydrogen) atoms. The molecule has 0 amide bonds. The van der Waals surface area contributed by atoms with E-state index in [1.165, 1.54) is 0 Å². The summed E-state index contributed by atoms with van der Waals surface area (Å²) in [4.78, 5) is 29.1. The number of nitro groups is 1. The first-order chi connectivity index (χ1) is 22.5. The molecular weight excluding hydrogens is 724 g/mol. The molecule has 0 fully saturated rings. The Labute approximate surface area is 271 Å². The summed E-state index contributed by atoms with van der Waals surface area (Å²) >= 11 is 0. The molecule has 0 unspecified atom stereocenters. The summed E-state index contributed by atoms with van der Waals surface area (Å²) in [7, 11) is -16.1. The largest absolute Gasteiger partial charge is 0.505 e. The SMILES string of the molecule is Nc1c(N=Nc2cc(C(=O)O)cc(C(=O)O)c2)cc(S(=O)(=O)O)c2cc(S(=O)(=O)O)c(N=Nc3ccc([N+](=O)[O-])cc3S(=O)(=O)O)c(O)c12. The number of carbonyl (C=O) groups is 2. The van der Waals surface area contributed by atoms with Crippen LogP contribution in [-0.4, -0.2) is 71.1 Å². The van der Waals surface area contributed by atoms with Gasteiger partial charge >= 0.3 is 11.9 Å². The van der Waals surface area contributed by atoms with E-state index in [0.717, 1.165) is 18.2 Å². The highest BCUT2D eigenvalue weighted by molar-refractivity contribution is 7.86. The zero-order valence-electron chi connectivity index (χ0n) is 23.4. The van der Waals surface area contributed by atoms with Crippen LogP contribution in [-0.2, 0) is 30.4 Å². The number of rotatable bonds is 10. The van der Waals surface area contributed by atoms with Crippen LogP contribution >= 0.6 is 0 Å². The Kier molecular flexibility index (Phi) is 9.19. The quantitative estimate of drug-likeness (QED) is 0.0397. The second kappa shape index (κ2) is 12.6. The van der Waals surface area contributed by atoms with Gasteiger partial charge in [0.15, 0.2) is 5.75 Å². The van der Waals surface area contributed by atoms with E-state index in [4.69, 9.17) is 5.73 Å². The number of aromatic hydroxyl groups is 1. The number of carboxylic acid groups (broad SMARTS) is 2. The van der Waals surface area contributed by atoms with Crippen LogP contribution in [0.2, 0.25) is 0 Å². The lowest BCUT2D eigenvalue weighted by molar-refractivity contribution is -0.385. The van der Waals surface area contributed by atoms with Crippen molar-refractivity contribution in [3.63, 3.8) is 0 Å². The van der Waals surface area contributed by atoms with Crippen LogP contribution in [0.3, 0.4) is 0 Å². The van der Waals surface area contributed by atoms with E-state index >= 15 is 0 Å². The maximum absolute atomic E-state index is 12.3. The molecule has 4 aromatic carbocycles. The molecule has 8 N–H and O–H groups in total. The van der Waals surface area contributed by atoms with Gasteiger partial charge in [-0.2, -0.15) is 30.4 Å². The summed E-state index contributed by atoms with van der Waals surface area (Å²) in [6.45, 7) is 0. The second-order valence-electron chi connectivity index (χ2n) is 9.42. The summed E-state index contributed by atoms with van der Waals surface area (Å²) in [6, 6.07) is 5.17. The summed E-state index contributed by atoms with van der Waals surface area (Å²) in [6.07, 6.45) is 0. The molecule has 25 heteroatoms. The number of azo groups is 2. The number of fused-ring (bicyclic) bond motifs is 1. The third-order valence-corrected chi connectivity index (χ3v) is 8.89. The highest BCUT2D eigenvalue weighted by Crippen LogP contribution is 2.48. The molecule has 0 aliphatic heterocycles. The topological polar surface area (TPSA) is 377 Å². The molecule has 0 spiro atoms. The van der Waals surface area contributed by atoms with Gasteiger partial charge in [0.25, 0.3) is 36.0 Å². The van der Waals surface area contributed by atoms with Crippen molar-refractivity contribution >= 4 is 87.2 Å². The standard InChI is InChI=1S/C24H16N6O16S3/c25-20-15(28-26-11-4-9(23(32)33)3-10(5-11)24(34)35)8-16(47(38,39)40)13-7-18(49(44,45)46)21(22(31)19(13)20)29-27-14-2-1-12(30(36)37)6-17(14)48(41,42)43/h1-8,31H,25H2,(H,32,33)(H,34,35)(H,38,39,40)(H,41,42,43)(H,44,45,46). The molecule has 0 saturated carbocycles. The summed E-state index contributed by atoms with van der Waals surface area (Å²) in [5.41, 5.74) is 0.200. The van der Waals surface area contributed by atoms with Gasteiger partial charge in [-0.25, -0.2) is 9.59 Å². The van der Waals surface area contributed by atoms with Crippen LogP contribution < -0.4 is 5.73 Å². The number of phenols is 1. The molecule has 0 aliphatic rings. The smallest absolute Gasteiger partial charge is 0.335 e. The first-order valence-corrected chi connectivity index (χ1v) is 16.6. The van der Waals surface area contributed by atoms with Crippen molar-refractivity contribution in [1.82, 2.24) is 0 Å². The van der Waals surface area contributed by atoms with E-state index in [-0.39, 0.29) is 0 Å². The second-order valence-corrected chi connectivity index (χ2v) is 13.6. The molecular formula is C24H16N6O16S3. The molecule has 0 aromatic heterocycles. The minimum absolute atomic E-state index is 0.368. The number of nitrogens with zero attached hydrogens (tertiary/aromatic N) is 5. The fourth-order valence-corrected chi connectivity index (χ4v) is 6.13. The Bertz CT molecular complexity index is 2500. The number of aromatic carboxylic acids is 2. The third kappa shape index (κ3) is 7.45. The monoisotopic (exact) mass is 740 g/mol. The van der Waals surface area contributed by atoms with Crippen molar-refractivity contribution in [3.8, 4) is 5.75 Å². The highest BCUT2D eigenvalue weighted by atomic mass is 32.2. The van der Waals surface area contributed by atoms with Crippen LogP contribution in [0.1, 0.15) is 20.7 Å². The Balaban J connectivity index is 2.06. The molecule has 22 nitrogen and oxygen atoms in total. The zero-order chi connectivity index (χ0) is 36.8. The molecule has 0 aliphatic carbocycles. The van der Waals surface area contributed by atoms with E-state index in [2.05, 4.69) is 20.5 Å². The van der Waals surface area contributed by atoms with Crippen LogP contribution in [0.15, 0.2) is 83.7 Å². The minimum Gasteiger partial charge on any atom is -0.505 e. The van der Waals surface area contributed by atoms with Crippen LogP contribution in [0.25, 0.3) is 10.8 Å². The predicted molar refractivity (Wildman–Crippen MR) is 161 cm³/mol. The van der Waals surface area contributed by atoms with Gasteiger partial charge in [-0.05, 0) is 36.4 Å². The molecule has 0 atom stereocenters. The number of non-ortho nitro benzene ring substituents is 1. The van der Waals surface area contributed by atoms with Crippen LogP contribution in [0.4, 0.5) is 34.1 Å². The zero-order valence-corrected chi connectivity index (χ0v) is 25.9. The summed E-state index contributed by atoms with van der Waals surface area (Å²) in [5.74, 6) is -4.50. The molecule has 0 bridgehead atoms. The van der Waals surface area contributed by atoms with Crippen molar-refractivity contribution in [2.75, 3.05) is 5.73 Å². The average Bonchev–Trinajstić information content (AvgIpc) is 2.98. The highest BCUT2D eigenvalue weighted by Gasteiger charge is 2.29. The number of phenolic OH excluding ortho intramolecular Hbond substituents is 1. The maximum atomic E-state index is 12.3. The number of hydrogen-bond donors (Lipinski definition) is 7. The van der Waals surface area contributed by atoms with Gasteiger partial charge in [0, 0.05) is 17.5 Å². The van der Waals surface area contributed by atoms with Gasteiger partial charge in [-0.1, -0.05) is 0 Å². The Morgan fingerprint density at radius 1 is 0.694 bits per heavy atom. The van der Waals surface area contributed by atoms with E-state index in [1.807, 2.05) is 0 Å². The average molecular weight is 741 g/mol. The molecule has 256 valence electrons. The van der Waals surface area contributed by atoms with Gasteiger partial charge in [0.05, 0.1) is 32.8 Å². The predicted octanol–water partition coefficient (Wildman–Crippen LogP) is 4.00. The van der Waals surface area contributed by atoms with Gasteiger partial charge in [0.1, 0.15) is 31.7 Å². The van der Waals surface area contributed by atoms with Gasteiger partial charge < -0.3 is 21.1 Å². The van der Waals surface area contributed by atoms with E-state index < -0.39 is 124 Å². The number of nitrogen functional groups attached to an aromatic ring is 1. The van der Waals surface area contributed by atoms with Gasteiger partial charge in [0.2, 0.25) is 0 Å². The van der Waals surface area contributed by atoms with E-state index in [9.17, 15) is 73.9 Å². The summed E-state index contributed by atoms with van der Waals surface area (Å²) < 4.78 is 102. The lowest BCUT2D eigenvalue weighted by atomic mass is 10.0. The molecule has 4 rings (SSSR count). The van der Waals surface area contributed by atoms with Gasteiger partial charge in [-0.15, -0.1) is 15.3 Å². The van der Waals surface area contributed by atoms with Crippen molar-refractivity contribution in [3.05, 3.63) is 69.8 Å². The number of carboxylic acids is 2. The molecule has 0 heterocycles. The van der Waals surface area contributed by atoms with E-state index in [1.54, 1.807) is 0 Å². The number of nitro benzene ring substituents is 1. The van der Waals surface area contributed by atoms with Crippen molar-refractivity contribution in [1.29, 1.82) is 0 Å². The minimum atomic E-state index is -5.49. The molecule has 0 saturated heterocycles. The summed E-state index contributed by atoms with van der Waals surface area (Å²) in [5, 5.41) is 53.2. The number of nitrogens with two attached hydrogens (primary N) is 1. The molecule has 0 radical (unpaired) electrons. The Morgan fingerprint density at radius 3 is 1.71 bits per heavy atom. The number of hydrogen-bond acceptors (Lipinski definition) is 16.